The number of aliphatic hydroxyl groups is 1. The van der Waals surface area contributed by atoms with Crippen molar-refractivity contribution in [1.82, 2.24) is 9.78 Å². The quantitative estimate of drug-likeness (QED) is 0.941. The lowest BCUT2D eigenvalue weighted by Gasteiger charge is -2.11. The molecule has 0 radical (unpaired) electrons. The molecule has 1 unspecified atom stereocenters. The standard InChI is InChI=1S/C13H14BrFN2O/c1-2-6-17-8-9(7-16-17)13(18)10-4-3-5-11(15)12(10)14/h3-5,7-8,13,18H,2,6H2,1H3. The summed E-state index contributed by atoms with van der Waals surface area (Å²) in [6.07, 6.45) is 3.49. The zero-order valence-corrected chi connectivity index (χ0v) is 11.6. The van der Waals surface area contributed by atoms with Gasteiger partial charge in [0.05, 0.1) is 10.7 Å². The molecule has 0 aliphatic carbocycles. The van der Waals surface area contributed by atoms with Gasteiger partial charge in [-0.2, -0.15) is 5.10 Å². The second-order valence-corrected chi connectivity index (χ2v) is 4.88. The van der Waals surface area contributed by atoms with Crippen molar-refractivity contribution >= 4 is 15.9 Å². The molecule has 1 N–H and O–H groups in total. The lowest BCUT2D eigenvalue weighted by molar-refractivity contribution is 0.218. The van der Waals surface area contributed by atoms with E-state index in [9.17, 15) is 9.50 Å². The first-order valence-corrected chi connectivity index (χ1v) is 6.57. The number of hydrogen-bond acceptors (Lipinski definition) is 2. The summed E-state index contributed by atoms with van der Waals surface area (Å²) < 4.78 is 15.5. The molecule has 2 aromatic rings. The van der Waals surface area contributed by atoms with Gasteiger partial charge < -0.3 is 5.11 Å². The number of aromatic nitrogens is 2. The van der Waals surface area contributed by atoms with Gasteiger partial charge in [-0.1, -0.05) is 19.1 Å². The highest BCUT2D eigenvalue weighted by Crippen LogP contribution is 2.30. The molecular weight excluding hydrogens is 299 g/mol. The van der Waals surface area contributed by atoms with Crippen LogP contribution in [0.4, 0.5) is 4.39 Å². The third-order valence-electron chi connectivity index (χ3n) is 2.70. The number of rotatable bonds is 4. The summed E-state index contributed by atoms with van der Waals surface area (Å²) in [6, 6.07) is 4.62. The van der Waals surface area contributed by atoms with E-state index in [2.05, 4.69) is 28.0 Å². The van der Waals surface area contributed by atoms with Gasteiger partial charge in [0.2, 0.25) is 0 Å². The molecular formula is C13H14BrFN2O. The van der Waals surface area contributed by atoms with Gasteiger partial charge in [-0.15, -0.1) is 0 Å². The molecule has 1 aromatic heterocycles. The Balaban J connectivity index is 2.29. The average Bonchev–Trinajstić information content (AvgIpc) is 2.81. The summed E-state index contributed by atoms with van der Waals surface area (Å²) in [7, 11) is 0. The van der Waals surface area contributed by atoms with Crippen LogP contribution in [0.3, 0.4) is 0 Å². The molecule has 0 fully saturated rings. The fourth-order valence-electron chi connectivity index (χ4n) is 1.78. The van der Waals surface area contributed by atoms with E-state index in [0.29, 0.717) is 15.6 Å². The Morgan fingerprint density at radius 3 is 3.00 bits per heavy atom. The van der Waals surface area contributed by atoms with Gasteiger partial charge in [0.25, 0.3) is 0 Å². The average molecular weight is 313 g/mol. The van der Waals surface area contributed by atoms with Crippen LogP contribution >= 0.6 is 15.9 Å². The lowest BCUT2D eigenvalue weighted by atomic mass is 10.0. The van der Waals surface area contributed by atoms with Crippen molar-refractivity contribution in [3.8, 4) is 0 Å². The molecule has 1 atom stereocenters. The molecule has 1 aromatic carbocycles. The van der Waals surface area contributed by atoms with Crippen LogP contribution in [0.1, 0.15) is 30.6 Å². The maximum atomic E-state index is 13.4. The van der Waals surface area contributed by atoms with E-state index in [1.165, 1.54) is 6.07 Å². The molecule has 0 aliphatic rings. The fourth-order valence-corrected chi connectivity index (χ4v) is 2.26. The van der Waals surface area contributed by atoms with Crippen LogP contribution in [-0.2, 0) is 6.54 Å². The van der Waals surface area contributed by atoms with Gasteiger partial charge in [-0.05, 0) is 28.4 Å². The Hall–Kier alpha value is -1.20. The van der Waals surface area contributed by atoms with Crippen LogP contribution in [0.25, 0.3) is 0 Å². The Morgan fingerprint density at radius 1 is 1.50 bits per heavy atom. The maximum absolute atomic E-state index is 13.4. The van der Waals surface area contributed by atoms with Crippen molar-refractivity contribution in [2.45, 2.75) is 26.0 Å². The molecule has 0 saturated carbocycles. The van der Waals surface area contributed by atoms with E-state index < -0.39 is 6.10 Å². The number of halogens is 2. The normalized spacial score (nSPS) is 12.7. The van der Waals surface area contributed by atoms with Gasteiger partial charge >= 0.3 is 0 Å². The van der Waals surface area contributed by atoms with Crippen LogP contribution in [0.5, 0.6) is 0 Å². The van der Waals surface area contributed by atoms with Gasteiger partial charge in [0, 0.05) is 23.9 Å². The van der Waals surface area contributed by atoms with Crippen molar-refractivity contribution in [2.75, 3.05) is 0 Å². The number of aryl methyl sites for hydroxylation is 1. The van der Waals surface area contributed by atoms with Crippen molar-refractivity contribution in [1.29, 1.82) is 0 Å². The second kappa shape index (κ2) is 5.63. The largest absolute Gasteiger partial charge is 0.383 e. The zero-order chi connectivity index (χ0) is 13.1. The number of aliphatic hydroxyl groups excluding tert-OH is 1. The lowest BCUT2D eigenvalue weighted by Crippen LogP contribution is -2.01. The summed E-state index contributed by atoms with van der Waals surface area (Å²) in [4.78, 5) is 0. The fraction of sp³-hybridized carbons (Fsp3) is 0.308. The third kappa shape index (κ3) is 2.62. The Bertz CT molecular complexity index is 542. The molecule has 0 aliphatic heterocycles. The summed E-state index contributed by atoms with van der Waals surface area (Å²) in [6.45, 7) is 2.86. The summed E-state index contributed by atoms with van der Waals surface area (Å²) in [5.74, 6) is -0.382. The van der Waals surface area contributed by atoms with Crippen molar-refractivity contribution in [2.24, 2.45) is 0 Å². The van der Waals surface area contributed by atoms with E-state index in [1.807, 2.05) is 0 Å². The van der Waals surface area contributed by atoms with Crippen molar-refractivity contribution in [3.05, 3.63) is 52.0 Å². The van der Waals surface area contributed by atoms with Crippen molar-refractivity contribution < 1.29 is 9.50 Å². The second-order valence-electron chi connectivity index (χ2n) is 4.08. The third-order valence-corrected chi connectivity index (χ3v) is 3.53. The topological polar surface area (TPSA) is 38.0 Å². The molecule has 0 bridgehead atoms. The monoisotopic (exact) mass is 312 g/mol. The first-order valence-electron chi connectivity index (χ1n) is 5.77. The van der Waals surface area contributed by atoms with E-state index in [-0.39, 0.29) is 5.82 Å². The highest BCUT2D eigenvalue weighted by Gasteiger charge is 2.17. The van der Waals surface area contributed by atoms with Gasteiger partial charge in [-0.25, -0.2) is 4.39 Å². The molecule has 1 heterocycles. The van der Waals surface area contributed by atoms with Gasteiger partial charge in [-0.3, -0.25) is 4.68 Å². The SMILES string of the molecule is CCCn1cc(C(O)c2cccc(F)c2Br)cn1. The Labute approximate surface area is 113 Å². The van der Waals surface area contributed by atoms with E-state index >= 15 is 0 Å². The molecule has 96 valence electrons. The molecule has 5 heteroatoms. The number of hydrogen-bond donors (Lipinski definition) is 1. The minimum absolute atomic E-state index is 0.292. The van der Waals surface area contributed by atoms with Crippen LogP contribution < -0.4 is 0 Å². The molecule has 0 spiro atoms. The Kier molecular flexibility index (Phi) is 4.14. The molecule has 2 rings (SSSR count). The smallest absolute Gasteiger partial charge is 0.137 e. The zero-order valence-electron chi connectivity index (χ0n) is 9.98. The van der Waals surface area contributed by atoms with Gasteiger partial charge in [0.1, 0.15) is 11.9 Å². The molecule has 0 amide bonds. The highest BCUT2D eigenvalue weighted by molar-refractivity contribution is 9.10. The van der Waals surface area contributed by atoms with Gasteiger partial charge in [0.15, 0.2) is 0 Å². The predicted octanol–water partition coefficient (Wildman–Crippen LogP) is 3.28. The molecule has 18 heavy (non-hydrogen) atoms. The first kappa shape index (κ1) is 13.2. The predicted molar refractivity (Wildman–Crippen MR) is 70.7 cm³/mol. The molecule has 3 nitrogen and oxygen atoms in total. The van der Waals surface area contributed by atoms with Crippen molar-refractivity contribution in [3.63, 3.8) is 0 Å². The van der Waals surface area contributed by atoms with Crippen LogP contribution in [-0.4, -0.2) is 14.9 Å². The van der Waals surface area contributed by atoms with E-state index in [1.54, 1.807) is 29.2 Å². The van der Waals surface area contributed by atoms with E-state index in [0.717, 1.165) is 13.0 Å². The highest BCUT2D eigenvalue weighted by atomic mass is 79.9. The van der Waals surface area contributed by atoms with Crippen LogP contribution in [0, 0.1) is 5.82 Å². The molecule has 0 saturated heterocycles. The summed E-state index contributed by atoms with van der Waals surface area (Å²) in [5, 5.41) is 14.4. The minimum Gasteiger partial charge on any atom is -0.383 e. The maximum Gasteiger partial charge on any atom is 0.137 e. The van der Waals surface area contributed by atoms with Crippen LogP contribution in [0.2, 0.25) is 0 Å². The summed E-state index contributed by atoms with van der Waals surface area (Å²) >= 11 is 3.15. The summed E-state index contributed by atoms with van der Waals surface area (Å²) in [5.41, 5.74) is 1.17. The Morgan fingerprint density at radius 2 is 2.28 bits per heavy atom. The minimum atomic E-state index is -0.874. The van der Waals surface area contributed by atoms with E-state index in [4.69, 9.17) is 0 Å². The van der Waals surface area contributed by atoms with Crippen LogP contribution in [0.15, 0.2) is 35.1 Å². The number of benzene rings is 1. The number of nitrogens with zero attached hydrogens (tertiary/aromatic N) is 2. The first-order chi connectivity index (χ1) is 8.63.